The van der Waals surface area contributed by atoms with Crippen molar-refractivity contribution < 1.29 is 13.9 Å². The van der Waals surface area contributed by atoms with Gasteiger partial charge in [0.2, 0.25) is 0 Å². The average Bonchev–Trinajstić information content (AvgIpc) is 2.72. The maximum atomic E-state index is 12.8. The molecule has 2 rings (SSSR count). The molecule has 0 aliphatic heterocycles. The van der Waals surface area contributed by atoms with Crippen molar-refractivity contribution in [3.8, 4) is 0 Å². The fourth-order valence-corrected chi connectivity index (χ4v) is 1.70. The van der Waals surface area contributed by atoms with Crippen LogP contribution in [0.25, 0.3) is 0 Å². The molecule has 94 valence electrons. The summed E-state index contributed by atoms with van der Waals surface area (Å²) in [4.78, 5) is 11.5. The number of carbonyl (C=O) groups excluding carboxylic acids is 1. The van der Waals surface area contributed by atoms with E-state index in [1.54, 1.807) is 29.8 Å². The molecule has 18 heavy (non-hydrogen) atoms. The Morgan fingerprint density at radius 3 is 2.67 bits per heavy atom. The third-order valence-corrected chi connectivity index (χ3v) is 2.54. The van der Waals surface area contributed by atoms with Crippen LogP contribution in [0.2, 0.25) is 0 Å². The molecule has 0 N–H and O–H groups in total. The van der Waals surface area contributed by atoms with E-state index in [2.05, 4.69) is 9.84 Å². The Balaban J connectivity index is 2.28. The van der Waals surface area contributed by atoms with Crippen LogP contribution in [0, 0.1) is 12.7 Å². The molecule has 0 radical (unpaired) electrons. The van der Waals surface area contributed by atoms with Crippen LogP contribution < -0.4 is 0 Å². The molecule has 0 unspecified atom stereocenters. The zero-order valence-corrected chi connectivity index (χ0v) is 10.2. The van der Waals surface area contributed by atoms with E-state index < -0.39 is 5.97 Å². The predicted octanol–water partition coefficient (Wildman–Crippen LogP) is 2.17. The summed E-state index contributed by atoms with van der Waals surface area (Å²) in [6, 6.07) is 7.74. The molecule has 0 saturated heterocycles. The minimum Gasteiger partial charge on any atom is -0.464 e. The van der Waals surface area contributed by atoms with Crippen molar-refractivity contribution in [1.82, 2.24) is 9.78 Å². The standard InChI is InChI=1S/C13H13FN2O2/c1-9-7-12(13(17)18-2)16(15-9)8-10-3-5-11(14)6-4-10/h3-7H,8H2,1-2H3. The number of aryl methyl sites for hydroxylation is 1. The van der Waals surface area contributed by atoms with E-state index in [9.17, 15) is 9.18 Å². The largest absolute Gasteiger partial charge is 0.464 e. The quantitative estimate of drug-likeness (QED) is 0.782. The Labute approximate surface area is 104 Å². The molecule has 0 aliphatic carbocycles. The second-order valence-corrected chi connectivity index (χ2v) is 3.95. The monoisotopic (exact) mass is 248 g/mol. The van der Waals surface area contributed by atoms with Crippen molar-refractivity contribution in [2.24, 2.45) is 0 Å². The van der Waals surface area contributed by atoms with E-state index in [1.807, 2.05) is 0 Å². The highest BCUT2D eigenvalue weighted by molar-refractivity contribution is 5.87. The van der Waals surface area contributed by atoms with Gasteiger partial charge in [-0.15, -0.1) is 0 Å². The highest BCUT2D eigenvalue weighted by atomic mass is 19.1. The summed E-state index contributed by atoms with van der Waals surface area (Å²) in [7, 11) is 1.33. The first-order valence-corrected chi connectivity index (χ1v) is 5.47. The molecule has 5 heteroatoms. The summed E-state index contributed by atoms with van der Waals surface area (Å²) in [6.45, 7) is 2.20. The zero-order chi connectivity index (χ0) is 13.1. The van der Waals surface area contributed by atoms with Gasteiger partial charge in [-0.2, -0.15) is 5.10 Å². The number of aromatic nitrogens is 2. The van der Waals surface area contributed by atoms with Gasteiger partial charge in [-0.3, -0.25) is 4.68 Å². The van der Waals surface area contributed by atoms with Crippen molar-refractivity contribution in [1.29, 1.82) is 0 Å². The molecule has 0 spiro atoms. The second-order valence-electron chi connectivity index (χ2n) is 3.95. The highest BCUT2D eigenvalue weighted by Crippen LogP contribution is 2.10. The van der Waals surface area contributed by atoms with E-state index in [-0.39, 0.29) is 5.82 Å². The summed E-state index contributed by atoms with van der Waals surface area (Å²) in [5.74, 6) is -0.721. The SMILES string of the molecule is COC(=O)c1cc(C)nn1Cc1ccc(F)cc1. The Morgan fingerprint density at radius 1 is 1.39 bits per heavy atom. The number of esters is 1. The summed E-state index contributed by atoms with van der Waals surface area (Å²) >= 11 is 0. The van der Waals surface area contributed by atoms with Crippen LogP contribution in [0.4, 0.5) is 4.39 Å². The number of hydrogen-bond donors (Lipinski definition) is 0. The van der Waals surface area contributed by atoms with Gasteiger partial charge in [-0.1, -0.05) is 12.1 Å². The van der Waals surface area contributed by atoms with E-state index in [0.29, 0.717) is 12.2 Å². The molecule has 4 nitrogen and oxygen atoms in total. The van der Waals surface area contributed by atoms with Crippen molar-refractivity contribution in [3.63, 3.8) is 0 Å². The Morgan fingerprint density at radius 2 is 2.06 bits per heavy atom. The first-order chi connectivity index (χ1) is 8.60. The Kier molecular flexibility index (Phi) is 3.41. The van der Waals surface area contributed by atoms with Crippen molar-refractivity contribution in [2.45, 2.75) is 13.5 Å². The number of halogens is 1. The summed E-state index contributed by atoms with van der Waals surface area (Å²) < 4.78 is 19.0. The molecule has 0 fully saturated rings. The highest BCUT2D eigenvalue weighted by Gasteiger charge is 2.14. The van der Waals surface area contributed by atoms with E-state index in [1.165, 1.54) is 19.2 Å². The topological polar surface area (TPSA) is 44.1 Å². The molecular weight excluding hydrogens is 235 g/mol. The summed E-state index contributed by atoms with van der Waals surface area (Å²) in [5, 5.41) is 4.22. The van der Waals surface area contributed by atoms with E-state index in [0.717, 1.165) is 11.3 Å². The van der Waals surface area contributed by atoms with Gasteiger partial charge < -0.3 is 4.74 Å². The predicted molar refractivity (Wildman–Crippen MR) is 63.8 cm³/mol. The van der Waals surface area contributed by atoms with E-state index >= 15 is 0 Å². The molecule has 0 bridgehead atoms. The molecule has 0 aliphatic rings. The number of methoxy groups -OCH3 is 1. The lowest BCUT2D eigenvalue weighted by molar-refractivity contribution is 0.0587. The molecule has 1 heterocycles. The molecule has 0 amide bonds. The summed E-state index contributed by atoms with van der Waals surface area (Å²) in [6.07, 6.45) is 0. The van der Waals surface area contributed by atoms with Crippen molar-refractivity contribution in [3.05, 3.63) is 53.1 Å². The second kappa shape index (κ2) is 5.00. The number of rotatable bonds is 3. The molecular formula is C13H13FN2O2. The van der Waals surface area contributed by atoms with E-state index in [4.69, 9.17) is 0 Å². The van der Waals surface area contributed by atoms with Crippen LogP contribution in [0.15, 0.2) is 30.3 Å². The van der Waals surface area contributed by atoms with Gasteiger partial charge in [0, 0.05) is 0 Å². The number of hydrogen-bond acceptors (Lipinski definition) is 3. The maximum Gasteiger partial charge on any atom is 0.356 e. The zero-order valence-electron chi connectivity index (χ0n) is 10.2. The maximum absolute atomic E-state index is 12.8. The molecule has 2 aromatic rings. The third kappa shape index (κ3) is 2.56. The first kappa shape index (κ1) is 12.3. The lowest BCUT2D eigenvalue weighted by atomic mass is 10.2. The normalized spacial score (nSPS) is 10.4. The number of carbonyl (C=O) groups is 1. The number of ether oxygens (including phenoxy) is 1. The average molecular weight is 248 g/mol. The first-order valence-electron chi connectivity index (χ1n) is 5.47. The van der Waals surface area contributed by atoms with Crippen molar-refractivity contribution in [2.75, 3.05) is 7.11 Å². The van der Waals surface area contributed by atoms with Crippen LogP contribution in [-0.2, 0) is 11.3 Å². The van der Waals surface area contributed by atoms with Crippen LogP contribution in [-0.4, -0.2) is 22.9 Å². The Bertz CT molecular complexity index is 561. The van der Waals surface area contributed by atoms with Gasteiger partial charge in [-0.25, -0.2) is 9.18 Å². The molecule has 0 atom stereocenters. The lowest BCUT2D eigenvalue weighted by Crippen LogP contribution is -2.12. The third-order valence-electron chi connectivity index (χ3n) is 2.54. The fraction of sp³-hybridized carbons (Fsp3) is 0.231. The number of benzene rings is 1. The smallest absolute Gasteiger partial charge is 0.356 e. The fourth-order valence-electron chi connectivity index (χ4n) is 1.70. The molecule has 0 saturated carbocycles. The van der Waals surface area contributed by atoms with Gasteiger partial charge in [0.1, 0.15) is 11.5 Å². The lowest BCUT2D eigenvalue weighted by Gasteiger charge is -2.06. The van der Waals surface area contributed by atoms with Gasteiger partial charge in [0.15, 0.2) is 0 Å². The van der Waals surface area contributed by atoms with Crippen LogP contribution in [0.3, 0.4) is 0 Å². The van der Waals surface area contributed by atoms with Gasteiger partial charge in [-0.05, 0) is 30.7 Å². The van der Waals surface area contributed by atoms with Gasteiger partial charge >= 0.3 is 5.97 Å². The summed E-state index contributed by atoms with van der Waals surface area (Å²) in [5.41, 5.74) is 1.99. The van der Waals surface area contributed by atoms with Gasteiger partial charge in [0.05, 0.1) is 19.3 Å². The van der Waals surface area contributed by atoms with Crippen LogP contribution in [0.1, 0.15) is 21.7 Å². The van der Waals surface area contributed by atoms with Gasteiger partial charge in [0.25, 0.3) is 0 Å². The minimum atomic E-state index is -0.433. The molecule has 1 aromatic heterocycles. The Hall–Kier alpha value is -2.17. The van der Waals surface area contributed by atoms with Crippen LogP contribution >= 0.6 is 0 Å². The molecule has 1 aromatic carbocycles. The van der Waals surface area contributed by atoms with Crippen LogP contribution in [0.5, 0.6) is 0 Å². The number of nitrogens with zero attached hydrogens (tertiary/aromatic N) is 2. The minimum absolute atomic E-state index is 0.288. The van der Waals surface area contributed by atoms with Crippen molar-refractivity contribution >= 4 is 5.97 Å².